The molecule has 0 atom stereocenters. The van der Waals surface area contributed by atoms with Crippen LogP contribution in [0.25, 0.3) is 16.7 Å². The highest BCUT2D eigenvalue weighted by atomic mass is 14.9. The molecular formula is C38H26N5+. The standard InChI is InChI=1S/C38H26N5/c1-43-22-8-13-27(24-43)38-34-20-18-32(41-34)36(25-9-4-2-5-10-25)30-16-14-28(39-30)23-29-15-17-31(40-29)37(26-11-6-3-7-12-26)33-19-21-35(38)42-33/h2-24H,1H3/q+1. The molecule has 5 aliphatic rings. The molecule has 8 bridgehead atoms. The number of nitrogens with zero attached hydrogens (tertiary/aromatic N) is 5. The van der Waals surface area contributed by atoms with Gasteiger partial charge < -0.3 is 0 Å². The van der Waals surface area contributed by atoms with Crippen molar-refractivity contribution in [2.24, 2.45) is 27.0 Å². The van der Waals surface area contributed by atoms with Crippen molar-refractivity contribution in [3.8, 4) is 0 Å². The van der Waals surface area contributed by atoms with Crippen LogP contribution in [0, 0.1) is 0 Å². The van der Waals surface area contributed by atoms with Crippen LogP contribution in [0.1, 0.15) is 16.7 Å². The summed E-state index contributed by atoms with van der Waals surface area (Å²) in [7, 11) is 2.03. The molecule has 6 heterocycles. The maximum Gasteiger partial charge on any atom is 0.176 e. The number of hydrogen-bond acceptors (Lipinski definition) is 4. The predicted molar refractivity (Wildman–Crippen MR) is 176 cm³/mol. The van der Waals surface area contributed by atoms with E-state index < -0.39 is 0 Å². The summed E-state index contributed by atoms with van der Waals surface area (Å²) in [5.74, 6) is 0. The molecule has 8 rings (SSSR count). The summed E-state index contributed by atoms with van der Waals surface area (Å²) in [4.78, 5) is 20.6. The van der Waals surface area contributed by atoms with Gasteiger partial charge in [0.25, 0.3) is 0 Å². The van der Waals surface area contributed by atoms with Crippen LogP contribution in [0.5, 0.6) is 0 Å². The lowest BCUT2D eigenvalue weighted by atomic mass is 9.99. The Morgan fingerprint density at radius 2 is 0.977 bits per heavy atom. The molecule has 0 unspecified atom stereocenters. The van der Waals surface area contributed by atoms with Crippen LogP contribution >= 0.6 is 0 Å². The first kappa shape index (κ1) is 24.9. The lowest BCUT2D eigenvalue weighted by Crippen LogP contribution is -2.27. The van der Waals surface area contributed by atoms with E-state index in [0.717, 1.165) is 79.0 Å². The second-order valence-electron chi connectivity index (χ2n) is 10.7. The molecule has 0 N–H and O–H groups in total. The Kier molecular flexibility index (Phi) is 5.93. The van der Waals surface area contributed by atoms with Gasteiger partial charge in [0.15, 0.2) is 12.4 Å². The third-order valence-electron chi connectivity index (χ3n) is 7.79. The quantitative estimate of drug-likeness (QED) is 0.315. The SMILES string of the molecule is C[n+]1cccc(C2=C3C=CC(=N3)C(c3ccccc3)=C3C=CC(=N3)C=C3C=CC(=N3)C(c3ccccc3)=C3C=CC2=N3)c1. The monoisotopic (exact) mass is 552 g/mol. The molecule has 0 saturated carbocycles. The summed E-state index contributed by atoms with van der Waals surface area (Å²) in [5.41, 5.74) is 13.0. The highest BCUT2D eigenvalue weighted by Gasteiger charge is 2.26. The maximum atomic E-state index is 5.25. The third kappa shape index (κ3) is 4.57. The van der Waals surface area contributed by atoms with E-state index in [1.807, 2.05) is 67.9 Å². The van der Waals surface area contributed by atoms with Crippen molar-refractivity contribution in [1.29, 1.82) is 0 Å². The lowest BCUT2D eigenvalue weighted by molar-refractivity contribution is -0.671. The van der Waals surface area contributed by atoms with Crippen molar-refractivity contribution >= 4 is 39.6 Å². The van der Waals surface area contributed by atoms with Crippen molar-refractivity contribution in [2.75, 3.05) is 0 Å². The number of pyridine rings is 1. The van der Waals surface area contributed by atoms with Gasteiger partial charge in [0.1, 0.15) is 7.05 Å². The molecule has 5 aliphatic heterocycles. The van der Waals surface area contributed by atoms with E-state index >= 15 is 0 Å². The van der Waals surface area contributed by atoms with Gasteiger partial charge in [-0.1, -0.05) is 60.7 Å². The molecule has 2 aromatic carbocycles. The van der Waals surface area contributed by atoms with E-state index in [2.05, 4.69) is 83.6 Å². The second-order valence-corrected chi connectivity index (χ2v) is 10.7. The van der Waals surface area contributed by atoms with E-state index in [9.17, 15) is 0 Å². The Labute approximate surface area is 250 Å². The summed E-state index contributed by atoms with van der Waals surface area (Å²) >= 11 is 0. The molecule has 5 nitrogen and oxygen atoms in total. The topological polar surface area (TPSA) is 53.3 Å². The number of benzene rings is 2. The van der Waals surface area contributed by atoms with Crippen LogP contribution in [0.4, 0.5) is 0 Å². The van der Waals surface area contributed by atoms with Gasteiger partial charge in [-0.25, -0.2) is 24.5 Å². The maximum absolute atomic E-state index is 5.25. The van der Waals surface area contributed by atoms with Gasteiger partial charge in [-0.15, -0.1) is 0 Å². The van der Waals surface area contributed by atoms with E-state index in [1.54, 1.807) is 0 Å². The summed E-state index contributed by atoms with van der Waals surface area (Å²) in [6, 6.07) is 24.9. The average Bonchev–Trinajstić information content (AvgIpc) is 3.85. The Balaban J connectivity index is 1.43. The first-order valence-electron chi connectivity index (χ1n) is 14.3. The lowest BCUT2D eigenvalue weighted by Gasteiger charge is -2.11. The molecule has 1 aromatic heterocycles. The van der Waals surface area contributed by atoms with Crippen molar-refractivity contribution < 1.29 is 4.57 Å². The smallest absolute Gasteiger partial charge is 0.176 e. The first-order valence-corrected chi connectivity index (χ1v) is 14.3. The summed E-state index contributed by atoms with van der Waals surface area (Å²) in [6.45, 7) is 0. The van der Waals surface area contributed by atoms with Gasteiger partial charge in [-0.3, -0.25) is 0 Å². The fraction of sp³-hybridized carbons (Fsp3) is 0.0263. The van der Waals surface area contributed by atoms with Crippen LogP contribution in [-0.4, -0.2) is 22.8 Å². The van der Waals surface area contributed by atoms with E-state index in [1.165, 1.54) is 0 Å². The Hall–Kier alpha value is -5.81. The van der Waals surface area contributed by atoms with Gasteiger partial charge >= 0.3 is 0 Å². The zero-order chi connectivity index (χ0) is 28.8. The number of allylic oxidation sites excluding steroid dienone is 12. The minimum atomic E-state index is 0.853. The van der Waals surface area contributed by atoms with Crippen molar-refractivity contribution in [3.63, 3.8) is 0 Å². The highest BCUT2D eigenvalue weighted by Crippen LogP contribution is 2.36. The van der Waals surface area contributed by atoms with Gasteiger partial charge in [0, 0.05) is 22.8 Å². The molecule has 3 aromatic rings. The third-order valence-corrected chi connectivity index (χ3v) is 7.79. The Morgan fingerprint density at radius 3 is 1.60 bits per heavy atom. The zero-order valence-electron chi connectivity index (χ0n) is 23.5. The van der Waals surface area contributed by atoms with Gasteiger partial charge in [-0.05, 0) is 71.9 Å². The molecule has 0 fully saturated rings. The fourth-order valence-corrected chi connectivity index (χ4v) is 5.85. The van der Waals surface area contributed by atoms with E-state index in [-0.39, 0.29) is 0 Å². The van der Waals surface area contributed by atoms with Crippen LogP contribution in [0.2, 0.25) is 0 Å². The largest absolute Gasteiger partial charge is 0.248 e. The number of rotatable bonds is 3. The average molecular weight is 553 g/mol. The number of hydrogen-bond donors (Lipinski definition) is 0. The highest BCUT2D eigenvalue weighted by molar-refractivity contribution is 6.37. The van der Waals surface area contributed by atoms with Crippen molar-refractivity contribution in [3.05, 3.63) is 179 Å². The Bertz CT molecular complexity index is 2050. The predicted octanol–water partition coefficient (Wildman–Crippen LogP) is 6.99. The summed E-state index contributed by atoms with van der Waals surface area (Å²) in [5, 5.41) is 0. The van der Waals surface area contributed by atoms with Gasteiger partial charge in [-0.2, -0.15) is 0 Å². The number of aliphatic imine (C=N–C) groups is 4. The molecule has 43 heavy (non-hydrogen) atoms. The van der Waals surface area contributed by atoms with Gasteiger partial charge in [0.2, 0.25) is 0 Å². The second kappa shape index (κ2) is 10.2. The summed E-state index contributed by atoms with van der Waals surface area (Å²) < 4.78 is 2.05. The van der Waals surface area contributed by atoms with Crippen LogP contribution < -0.4 is 4.57 Å². The van der Waals surface area contributed by atoms with E-state index in [0.29, 0.717) is 0 Å². The fourth-order valence-electron chi connectivity index (χ4n) is 5.85. The van der Waals surface area contributed by atoms with Crippen LogP contribution in [0.3, 0.4) is 0 Å². The minimum absolute atomic E-state index is 0.853. The molecule has 0 amide bonds. The minimum Gasteiger partial charge on any atom is -0.248 e. The molecule has 0 spiro atoms. The first-order chi connectivity index (χ1) is 21.2. The van der Waals surface area contributed by atoms with Crippen molar-refractivity contribution in [2.45, 2.75) is 0 Å². The molecular weight excluding hydrogens is 526 g/mol. The Morgan fingerprint density at radius 1 is 0.465 bits per heavy atom. The number of aromatic nitrogens is 1. The molecule has 0 radical (unpaired) electrons. The number of aryl methyl sites for hydroxylation is 1. The van der Waals surface area contributed by atoms with Crippen molar-refractivity contribution in [1.82, 2.24) is 0 Å². The normalized spacial score (nSPS) is 18.4. The zero-order valence-corrected chi connectivity index (χ0v) is 23.5. The van der Waals surface area contributed by atoms with Crippen LogP contribution in [-0.2, 0) is 7.05 Å². The van der Waals surface area contributed by atoms with E-state index in [4.69, 9.17) is 20.0 Å². The molecule has 202 valence electrons. The molecule has 5 heteroatoms. The molecule has 0 saturated heterocycles. The molecule has 0 aliphatic carbocycles. The number of fused-ring (bicyclic) bond motifs is 4. The van der Waals surface area contributed by atoms with Gasteiger partial charge in [0.05, 0.1) is 51.2 Å². The van der Waals surface area contributed by atoms with Crippen LogP contribution in [0.15, 0.2) is 183 Å². The summed E-state index contributed by atoms with van der Waals surface area (Å²) in [6.07, 6.45) is 22.8.